The molecule has 1 aromatic carbocycles. The maximum absolute atomic E-state index is 12.4. The Morgan fingerprint density at radius 3 is 2.56 bits per heavy atom. The van der Waals surface area contributed by atoms with Crippen molar-refractivity contribution in [2.45, 2.75) is 64.3 Å². The van der Waals surface area contributed by atoms with Crippen LogP contribution in [0.3, 0.4) is 0 Å². The molecule has 1 unspecified atom stereocenters. The number of pyridine rings is 1. The summed E-state index contributed by atoms with van der Waals surface area (Å²) in [6.07, 6.45) is -3.28. The molecule has 0 aliphatic carbocycles. The molecule has 32 heavy (non-hydrogen) atoms. The lowest BCUT2D eigenvalue weighted by atomic mass is 9.94. The molecule has 8 heteroatoms. The van der Waals surface area contributed by atoms with Crippen LogP contribution >= 0.6 is 0 Å². The molecular weight excluding hydrogens is 421 g/mol. The normalized spacial score (nSPS) is 17.5. The Kier molecular flexibility index (Phi) is 7.64. The molecule has 0 N–H and O–H groups in total. The van der Waals surface area contributed by atoms with Crippen molar-refractivity contribution < 1.29 is 27.4 Å². The average molecular weight is 451 g/mol. The molecule has 1 fully saturated rings. The fourth-order valence-corrected chi connectivity index (χ4v) is 3.78. The smallest absolute Gasteiger partial charge is 0.395 e. The second kappa shape index (κ2) is 10.2. The highest BCUT2D eigenvalue weighted by atomic mass is 19.4. The number of alkyl halides is 3. The lowest BCUT2D eigenvalue weighted by molar-refractivity contribution is -0.152. The van der Waals surface area contributed by atoms with Crippen LogP contribution in [0.25, 0.3) is 0 Å². The first-order chi connectivity index (χ1) is 15.1. The van der Waals surface area contributed by atoms with Gasteiger partial charge < -0.3 is 14.4 Å². The number of aromatic nitrogens is 1. The van der Waals surface area contributed by atoms with Gasteiger partial charge in [0.25, 0.3) is 0 Å². The highest BCUT2D eigenvalue weighted by Crippen LogP contribution is 2.28. The maximum atomic E-state index is 12.4. The minimum Gasteiger partial charge on any atom is -0.489 e. The predicted octanol–water partition coefficient (Wildman–Crippen LogP) is 5.54. The summed E-state index contributed by atoms with van der Waals surface area (Å²) in [5.74, 6) is 0.220. The highest BCUT2D eigenvalue weighted by Gasteiger charge is 2.31. The SMILES string of the molecule is CC(C)Oc1cc(N2CCC(Oc3ccc([C@H](C)CC(=O)CC(F)(F)F)cc3)C2)ccn1. The highest BCUT2D eigenvalue weighted by molar-refractivity contribution is 5.79. The van der Waals surface area contributed by atoms with Gasteiger partial charge in [-0.1, -0.05) is 19.1 Å². The topological polar surface area (TPSA) is 51.7 Å². The number of ketones is 1. The molecule has 1 aromatic heterocycles. The Bertz CT molecular complexity index is 900. The van der Waals surface area contributed by atoms with Crippen molar-refractivity contribution in [1.29, 1.82) is 0 Å². The van der Waals surface area contributed by atoms with E-state index in [1.54, 1.807) is 13.1 Å². The summed E-state index contributed by atoms with van der Waals surface area (Å²) in [6, 6.07) is 11.1. The molecule has 1 saturated heterocycles. The van der Waals surface area contributed by atoms with E-state index < -0.39 is 18.4 Å². The minimum atomic E-state index is -4.46. The fraction of sp³-hybridized carbons (Fsp3) is 0.500. The second-order valence-electron chi connectivity index (χ2n) is 8.50. The van der Waals surface area contributed by atoms with E-state index in [1.807, 2.05) is 50.2 Å². The first kappa shape index (κ1) is 23.9. The number of benzene rings is 1. The number of hydrogen-bond acceptors (Lipinski definition) is 5. The summed E-state index contributed by atoms with van der Waals surface area (Å²) in [4.78, 5) is 18.1. The molecule has 174 valence electrons. The summed E-state index contributed by atoms with van der Waals surface area (Å²) in [5, 5.41) is 0. The molecule has 1 aliphatic rings. The number of anilines is 1. The van der Waals surface area contributed by atoms with Gasteiger partial charge >= 0.3 is 6.18 Å². The third-order valence-corrected chi connectivity index (χ3v) is 5.27. The van der Waals surface area contributed by atoms with Crippen LogP contribution in [0.2, 0.25) is 0 Å². The summed E-state index contributed by atoms with van der Waals surface area (Å²) in [6.45, 7) is 7.26. The summed E-state index contributed by atoms with van der Waals surface area (Å²) < 4.78 is 48.9. The molecule has 3 rings (SSSR count). The number of nitrogens with zero attached hydrogens (tertiary/aromatic N) is 2. The molecule has 1 aliphatic heterocycles. The van der Waals surface area contributed by atoms with Crippen LogP contribution < -0.4 is 14.4 Å². The van der Waals surface area contributed by atoms with E-state index >= 15 is 0 Å². The largest absolute Gasteiger partial charge is 0.489 e. The molecule has 0 bridgehead atoms. The van der Waals surface area contributed by atoms with Crippen LogP contribution in [0.5, 0.6) is 11.6 Å². The Hall–Kier alpha value is -2.77. The van der Waals surface area contributed by atoms with E-state index in [9.17, 15) is 18.0 Å². The first-order valence-electron chi connectivity index (χ1n) is 10.8. The number of Topliss-reactive ketones (excluding diaryl/α,β-unsaturated/α-hetero) is 1. The van der Waals surface area contributed by atoms with Gasteiger partial charge in [0.2, 0.25) is 5.88 Å². The third-order valence-electron chi connectivity index (χ3n) is 5.27. The molecule has 2 aromatic rings. The number of halogens is 3. The van der Waals surface area contributed by atoms with Crippen molar-refractivity contribution in [3.63, 3.8) is 0 Å². The zero-order valence-corrected chi connectivity index (χ0v) is 18.6. The minimum absolute atomic E-state index is 0.0225. The van der Waals surface area contributed by atoms with Crippen LogP contribution in [0.1, 0.15) is 51.5 Å². The summed E-state index contributed by atoms with van der Waals surface area (Å²) in [7, 11) is 0. The molecule has 5 nitrogen and oxygen atoms in total. The quantitative estimate of drug-likeness (QED) is 0.502. The lowest BCUT2D eigenvalue weighted by Gasteiger charge is -2.20. The molecule has 0 radical (unpaired) electrons. The third kappa shape index (κ3) is 7.14. The standard InChI is InChI=1S/C24H29F3N2O3/c1-16(2)31-23-13-19(8-10-28-23)29-11-9-22(15-29)32-21-6-4-18(5-7-21)17(3)12-20(30)14-24(25,26)27/h4-8,10,13,16-17,22H,9,11-12,14-15H2,1-3H3/t17-,22?/m1/s1. The van der Waals surface area contributed by atoms with Gasteiger partial charge in [0, 0.05) is 37.3 Å². The van der Waals surface area contributed by atoms with Crippen LogP contribution in [0.4, 0.5) is 18.9 Å². The molecule has 2 heterocycles. The second-order valence-corrected chi connectivity index (χ2v) is 8.50. The van der Waals surface area contributed by atoms with Gasteiger partial charge in [0.05, 0.1) is 12.6 Å². The lowest BCUT2D eigenvalue weighted by Crippen LogP contribution is -2.24. The maximum Gasteiger partial charge on any atom is 0.395 e. The van der Waals surface area contributed by atoms with Crippen LogP contribution in [0, 0.1) is 0 Å². The predicted molar refractivity (Wildman–Crippen MR) is 116 cm³/mol. The van der Waals surface area contributed by atoms with Crippen LogP contribution in [-0.2, 0) is 4.79 Å². The van der Waals surface area contributed by atoms with Crippen molar-refractivity contribution in [1.82, 2.24) is 4.98 Å². The van der Waals surface area contributed by atoms with Crippen molar-refractivity contribution in [2.75, 3.05) is 18.0 Å². The molecule has 2 atom stereocenters. The fourth-order valence-electron chi connectivity index (χ4n) is 3.78. The van der Waals surface area contributed by atoms with Gasteiger partial charge in [-0.05, 0) is 43.5 Å². The van der Waals surface area contributed by atoms with E-state index in [0.717, 1.165) is 30.8 Å². The van der Waals surface area contributed by atoms with Crippen molar-refractivity contribution >= 4 is 11.5 Å². The molecule has 0 saturated carbocycles. The van der Waals surface area contributed by atoms with Crippen molar-refractivity contribution in [3.05, 3.63) is 48.2 Å². The van der Waals surface area contributed by atoms with E-state index in [1.165, 1.54) is 0 Å². The van der Waals surface area contributed by atoms with Gasteiger partial charge in [-0.2, -0.15) is 13.2 Å². The summed E-state index contributed by atoms with van der Waals surface area (Å²) in [5.41, 5.74) is 1.85. The van der Waals surface area contributed by atoms with Gasteiger partial charge in [0.15, 0.2) is 0 Å². The number of carbonyl (C=O) groups is 1. The average Bonchev–Trinajstić information content (AvgIpc) is 3.15. The zero-order valence-electron chi connectivity index (χ0n) is 18.6. The van der Waals surface area contributed by atoms with E-state index in [-0.39, 0.29) is 24.5 Å². The molecular formula is C24H29F3N2O3. The van der Waals surface area contributed by atoms with E-state index in [4.69, 9.17) is 9.47 Å². The Morgan fingerprint density at radius 1 is 1.19 bits per heavy atom. The van der Waals surface area contributed by atoms with Gasteiger partial charge in [-0.25, -0.2) is 4.98 Å². The molecule has 0 spiro atoms. The van der Waals surface area contributed by atoms with Crippen LogP contribution in [0.15, 0.2) is 42.6 Å². The number of ether oxygens (including phenoxy) is 2. The van der Waals surface area contributed by atoms with Crippen LogP contribution in [-0.4, -0.2) is 42.2 Å². The Morgan fingerprint density at radius 2 is 1.91 bits per heavy atom. The number of hydrogen-bond donors (Lipinski definition) is 0. The van der Waals surface area contributed by atoms with Crippen molar-refractivity contribution in [3.8, 4) is 11.6 Å². The molecule has 0 amide bonds. The Labute approximate surface area is 186 Å². The monoisotopic (exact) mass is 450 g/mol. The van der Waals surface area contributed by atoms with E-state index in [0.29, 0.717) is 11.6 Å². The number of carbonyl (C=O) groups excluding carboxylic acids is 1. The van der Waals surface area contributed by atoms with E-state index in [2.05, 4.69) is 9.88 Å². The van der Waals surface area contributed by atoms with Crippen molar-refractivity contribution in [2.24, 2.45) is 0 Å². The number of rotatable bonds is 9. The van der Waals surface area contributed by atoms with Gasteiger partial charge in [-0.15, -0.1) is 0 Å². The zero-order chi connectivity index (χ0) is 23.3. The van der Waals surface area contributed by atoms with Gasteiger partial charge in [-0.3, -0.25) is 4.79 Å². The van der Waals surface area contributed by atoms with Gasteiger partial charge in [0.1, 0.15) is 24.1 Å². The first-order valence-corrected chi connectivity index (χ1v) is 10.8. The Balaban J connectivity index is 1.52. The summed E-state index contributed by atoms with van der Waals surface area (Å²) >= 11 is 0.